The van der Waals surface area contributed by atoms with Gasteiger partial charge in [-0.2, -0.15) is 0 Å². The summed E-state index contributed by atoms with van der Waals surface area (Å²) in [6, 6.07) is 4.74. The molecule has 0 N–H and O–H groups in total. The average Bonchev–Trinajstić information content (AvgIpc) is 3.40. The molecular formula is C22H21ClN2O5S. The summed E-state index contributed by atoms with van der Waals surface area (Å²) >= 11 is 7.71. The van der Waals surface area contributed by atoms with Crippen LogP contribution in [0, 0.1) is 5.92 Å². The van der Waals surface area contributed by atoms with Crippen molar-refractivity contribution in [2.45, 2.75) is 36.8 Å². The van der Waals surface area contributed by atoms with E-state index in [1.165, 1.54) is 11.3 Å². The van der Waals surface area contributed by atoms with Crippen molar-refractivity contribution in [1.82, 2.24) is 4.98 Å². The number of halogens is 1. The van der Waals surface area contributed by atoms with Crippen LogP contribution in [0.4, 0.5) is 5.13 Å². The smallest absolute Gasteiger partial charge is 0.296 e. The normalized spacial score (nSPS) is 27.6. The first-order valence-corrected chi connectivity index (χ1v) is 11.4. The van der Waals surface area contributed by atoms with E-state index in [9.17, 15) is 9.59 Å². The first kappa shape index (κ1) is 20.3. The monoisotopic (exact) mass is 460 g/mol. The van der Waals surface area contributed by atoms with Crippen molar-refractivity contribution in [1.29, 1.82) is 0 Å². The molecule has 7 nitrogen and oxygen atoms in total. The van der Waals surface area contributed by atoms with E-state index in [4.69, 9.17) is 25.8 Å². The number of thiazole rings is 1. The van der Waals surface area contributed by atoms with Gasteiger partial charge >= 0.3 is 0 Å². The number of methoxy groups -OCH3 is 2. The van der Waals surface area contributed by atoms with Gasteiger partial charge in [-0.05, 0) is 37.0 Å². The van der Waals surface area contributed by atoms with Crippen LogP contribution < -0.4 is 14.4 Å². The number of ether oxygens (including phenoxy) is 3. The zero-order chi connectivity index (χ0) is 21.7. The summed E-state index contributed by atoms with van der Waals surface area (Å²) in [5, 5.41) is 2.24. The molecule has 0 spiro atoms. The summed E-state index contributed by atoms with van der Waals surface area (Å²) in [7, 11) is 3.11. The number of aromatic nitrogens is 1. The minimum Gasteiger partial charge on any atom is -0.493 e. The maximum absolute atomic E-state index is 13.7. The van der Waals surface area contributed by atoms with Gasteiger partial charge in [-0.15, -0.1) is 22.9 Å². The highest BCUT2D eigenvalue weighted by Gasteiger charge is 2.53. The fourth-order valence-electron chi connectivity index (χ4n) is 4.69. The first-order chi connectivity index (χ1) is 15.0. The van der Waals surface area contributed by atoms with E-state index in [0.717, 1.165) is 12.0 Å². The number of ketones is 1. The van der Waals surface area contributed by atoms with Crippen molar-refractivity contribution in [3.05, 3.63) is 46.7 Å². The maximum atomic E-state index is 13.7. The van der Waals surface area contributed by atoms with Crippen LogP contribution in [0.3, 0.4) is 0 Å². The molecule has 1 aliphatic carbocycles. The fraction of sp³-hybridized carbons (Fsp3) is 0.409. The summed E-state index contributed by atoms with van der Waals surface area (Å²) in [4.78, 5) is 33.0. The molecule has 0 radical (unpaired) electrons. The Morgan fingerprint density at radius 3 is 2.71 bits per heavy atom. The largest absolute Gasteiger partial charge is 0.493 e. The Hall–Kier alpha value is -2.58. The van der Waals surface area contributed by atoms with E-state index < -0.39 is 6.04 Å². The molecule has 3 heterocycles. The SMILES string of the molecule is COc1ccc(C2C3=C(OC4CCC(Cl)CC4C3=O)C(=O)N2c2nccs2)cc1OC. The molecular weight excluding hydrogens is 440 g/mol. The topological polar surface area (TPSA) is 78.0 Å². The number of benzene rings is 1. The van der Waals surface area contributed by atoms with Gasteiger partial charge in [0.1, 0.15) is 6.10 Å². The highest BCUT2D eigenvalue weighted by molar-refractivity contribution is 7.13. The maximum Gasteiger partial charge on any atom is 0.296 e. The van der Waals surface area contributed by atoms with Gasteiger partial charge in [0, 0.05) is 17.0 Å². The Labute approximate surface area is 188 Å². The third kappa shape index (κ3) is 3.20. The van der Waals surface area contributed by atoms with Gasteiger partial charge in [-0.1, -0.05) is 6.07 Å². The first-order valence-electron chi connectivity index (χ1n) is 10.1. The molecule has 1 aromatic carbocycles. The molecule has 31 heavy (non-hydrogen) atoms. The third-order valence-corrected chi connectivity index (χ3v) is 7.30. The molecule has 1 aromatic heterocycles. The van der Waals surface area contributed by atoms with Gasteiger partial charge in [-0.25, -0.2) is 4.98 Å². The summed E-state index contributed by atoms with van der Waals surface area (Å²) in [5.74, 6) is 0.458. The molecule has 2 aliphatic heterocycles. The summed E-state index contributed by atoms with van der Waals surface area (Å²) < 4.78 is 17.0. The van der Waals surface area contributed by atoms with Crippen LogP contribution in [-0.2, 0) is 14.3 Å². The van der Waals surface area contributed by atoms with Crippen molar-refractivity contribution in [2.75, 3.05) is 19.1 Å². The number of nitrogens with zero attached hydrogens (tertiary/aromatic N) is 2. The Kier molecular flexibility index (Phi) is 5.14. The lowest BCUT2D eigenvalue weighted by Crippen LogP contribution is -2.41. The zero-order valence-electron chi connectivity index (χ0n) is 17.0. The second-order valence-corrected chi connectivity index (χ2v) is 9.28. The van der Waals surface area contributed by atoms with E-state index in [1.54, 1.807) is 42.8 Å². The minimum absolute atomic E-state index is 0.0659. The number of rotatable bonds is 4. The number of hydrogen-bond donors (Lipinski definition) is 0. The van der Waals surface area contributed by atoms with E-state index in [1.807, 2.05) is 6.07 Å². The third-order valence-electron chi connectivity index (χ3n) is 6.13. The molecule has 3 aliphatic rings. The van der Waals surface area contributed by atoms with Crippen LogP contribution in [-0.4, -0.2) is 42.4 Å². The number of Topliss-reactive ketones (excluding diaryl/α,β-unsaturated/α-hetero) is 1. The molecule has 0 saturated heterocycles. The van der Waals surface area contributed by atoms with Gasteiger partial charge < -0.3 is 14.2 Å². The van der Waals surface area contributed by atoms with Gasteiger partial charge in [0.25, 0.3) is 5.91 Å². The number of carbonyl (C=O) groups is 2. The van der Waals surface area contributed by atoms with Crippen LogP contribution in [0.25, 0.3) is 0 Å². The Balaban J connectivity index is 1.65. The van der Waals surface area contributed by atoms with Crippen LogP contribution in [0.2, 0.25) is 0 Å². The van der Waals surface area contributed by atoms with Crippen molar-refractivity contribution >= 4 is 39.8 Å². The minimum atomic E-state index is -0.655. The van der Waals surface area contributed by atoms with Crippen molar-refractivity contribution in [3.63, 3.8) is 0 Å². The molecule has 4 unspecified atom stereocenters. The van der Waals surface area contributed by atoms with E-state index in [0.29, 0.717) is 35.0 Å². The molecule has 162 valence electrons. The highest BCUT2D eigenvalue weighted by atomic mass is 35.5. The van der Waals surface area contributed by atoms with Gasteiger partial charge in [-0.3, -0.25) is 14.5 Å². The number of anilines is 1. The number of alkyl halides is 1. The van der Waals surface area contributed by atoms with Crippen LogP contribution in [0.1, 0.15) is 30.9 Å². The highest BCUT2D eigenvalue weighted by Crippen LogP contribution is 2.49. The van der Waals surface area contributed by atoms with Gasteiger partial charge in [0.2, 0.25) is 0 Å². The fourth-order valence-corrected chi connectivity index (χ4v) is 5.67. The van der Waals surface area contributed by atoms with E-state index >= 15 is 0 Å². The number of fused-ring (bicyclic) bond motifs is 1. The van der Waals surface area contributed by atoms with E-state index in [-0.39, 0.29) is 34.8 Å². The summed E-state index contributed by atoms with van der Waals surface area (Å²) in [6.07, 6.45) is 3.30. The number of amides is 1. The predicted octanol–water partition coefficient (Wildman–Crippen LogP) is 3.88. The Morgan fingerprint density at radius 2 is 2.00 bits per heavy atom. The molecule has 9 heteroatoms. The van der Waals surface area contributed by atoms with Crippen molar-refractivity contribution in [3.8, 4) is 11.5 Å². The lowest BCUT2D eigenvalue weighted by atomic mass is 9.77. The van der Waals surface area contributed by atoms with Crippen LogP contribution >= 0.6 is 22.9 Å². The van der Waals surface area contributed by atoms with Gasteiger partial charge in [0.05, 0.1) is 31.8 Å². The second-order valence-electron chi connectivity index (χ2n) is 7.79. The lowest BCUT2D eigenvalue weighted by Gasteiger charge is -2.37. The molecule has 4 atom stereocenters. The molecule has 1 amide bonds. The van der Waals surface area contributed by atoms with Gasteiger partial charge in [0.15, 0.2) is 28.2 Å². The quantitative estimate of drug-likeness (QED) is 0.644. The molecule has 1 saturated carbocycles. The van der Waals surface area contributed by atoms with E-state index in [2.05, 4.69) is 4.98 Å². The summed E-state index contributed by atoms with van der Waals surface area (Å²) in [6.45, 7) is 0. The predicted molar refractivity (Wildman–Crippen MR) is 116 cm³/mol. The summed E-state index contributed by atoms with van der Waals surface area (Å²) in [5.41, 5.74) is 1.10. The Morgan fingerprint density at radius 1 is 1.19 bits per heavy atom. The van der Waals surface area contributed by atoms with Crippen molar-refractivity contribution in [2.24, 2.45) is 5.92 Å². The van der Waals surface area contributed by atoms with Crippen LogP contribution in [0.15, 0.2) is 41.1 Å². The average molecular weight is 461 g/mol. The standard InChI is InChI=1S/C22H21ClN2O5S/c1-28-15-5-3-11(9-16(15)29-2)18-17-19(26)13-10-12(23)4-6-14(13)30-20(17)21(27)25(18)22-24-7-8-31-22/h3,5,7-9,12-14,18H,4,6,10H2,1-2H3. The lowest BCUT2D eigenvalue weighted by molar-refractivity contribution is -0.131. The Bertz CT molecular complexity index is 1070. The molecule has 1 fully saturated rings. The van der Waals surface area contributed by atoms with Crippen molar-refractivity contribution < 1.29 is 23.8 Å². The number of hydrogen-bond acceptors (Lipinski definition) is 7. The molecule has 5 rings (SSSR count). The second kappa shape index (κ2) is 7.84. The zero-order valence-corrected chi connectivity index (χ0v) is 18.6. The molecule has 0 bridgehead atoms. The number of carbonyl (C=O) groups excluding carboxylic acids is 2. The van der Waals surface area contributed by atoms with Crippen LogP contribution in [0.5, 0.6) is 11.5 Å². The molecule has 2 aromatic rings.